The van der Waals surface area contributed by atoms with Crippen LogP contribution in [0.25, 0.3) is 0 Å². The highest BCUT2D eigenvalue weighted by molar-refractivity contribution is 5.91. The molecule has 1 unspecified atom stereocenters. The van der Waals surface area contributed by atoms with Crippen LogP contribution in [0.3, 0.4) is 0 Å². The van der Waals surface area contributed by atoms with Crippen molar-refractivity contribution in [3.05, 3.63) is 24.3 Å². The molecular formula is C19H29ClN2O3. The molecule has 1 aromatic carbocycles. The van der Waals surface area contributed by atoms with Gasteiger partial charge in [-0.15, -0.1) is 12.4 Å². The highest BCUT2D eigenvalue weighted by Crippen LogP contribution is 2.25. The van der Waals surface area contributed by atoms with Gasteiger partial charge in [0.15, 0.2) is 0 Å². The summed E-state index contributed by atoms with van der Waals surface area (Å²) < 4.78 is 11.3. The molecule has 1 aromatic rings. The van der Waals surface area contributed by atoms with E-state index in [-0.39, 0.29) is 24.4 Å². The molecule has 1 heterocycles. The zero-order valence-corrected chi connectivity index (χ0v) is 15.5. The molecule has 1 saturated heterocycles. The van der Waals surface area contributed by atoms with Crippen molar-refractivity contribution in [1.29, 1.82) is 0 Å². The number of rotatable bonds is 6. The number of nitrogens with one attached hydrogen (secondary N) is 2. The topological polar surface area (TPSA) is 59.6 Å². The molecule has 0 aromatic heterocycles. The minimum atomic E-state index is 0. The largest absolute Gasteiger partial charge is 0.493 e. The fourth-order valence-electron chi connectivity index (χ4n) is 3.39. The molecular weight excluding hydrogens is 340 g/mol. The van der Waals surface area contributed by atoms with Crippen molar-refractivity contribution in [2.24, 2.45) is 5.92 Å². The average molecular weight is 369 g/mol. The molecule has 0 radical (unpaired) electrons. The number of hydrogen-bond donors (Lipinski definition) is 2. The minimum absolute atomic E-state index is 0. The van der Waals surface area contributed by atoms with E-state index < -0.39 is 0 Å². The van der Waals surface area contributed by atoms with Crippen LogP contribution >= 0.6 is 12.4 Å². The average Bonchev–Trinajstić information content (AvgIpc) is 2.63. The molecule has 1 amide bonds. The lowest BCUT2D eigenvalue weighted by atomic mass is 9.90. The highest BCUT2D eigenvalue weighted by atomic mass is 35.5. The maximum Gasteiger partial charge on any atom is 0.226 e. The number of morpholine rings is 1. The van der Waals surface area contributed by atoms with Crippen molar-refractivity contribution < 1.29 is 14.3 Å². The van der Waals surface area contributed by atoms with Crippen molar-refractivity contribution in [3.8, 4) is 5.75 Å². The van der Waals surface area contributed by atoms with Crippen LogP contribution in [0.15, 0.2) is 24.3 Å². The zero-order chi connectivity index (χ0) is 16.6. The van der Waals surface area contributed by atoms with E-state index >= 15 is 0 Å². The molecule has 2 N–H and O–H groups in total. The third-order valence-corrected chi connectivity index (χ3v) is 4.78. The van der Waals surface area contributed by atoms with Gasteiger partial charge in [-0.3, -0.25) is 4.79 Å². The lowest BCUT2D eigenvalue weighted by Gasteiger charge is -2.23. The first kappa shape index (κ1) is 20.0. The Morgan fingerprint density at radius 2 is 1.96 bits per heavy atom. The number of benzene rings is 1. The van der Waals surface area contributed by atoms with Crippen molar-refractivity contribution in [1.82, 2.24) is 5.32 Å². The first-order valence-corrected chi connectivity index (χ1v) is 9.13. The first-order chi connectivity index (χ1) is 11.8. The van der Waals surface area contributed by atoms with Gasteiger partial charge in [-0.2, -0.15) is 0 Å². The summed E-state index contributed by atoms with van der Waals surface area (Å²) in [6, 6.07) is 7.77. The fourth-order valence-corrected chi connectivity index (χ4v) is 3.39. The Balaban J connectivity index is 0.00000225. The van der Waals surface area contributed by atoms with E-state index in [0.29, 0.717) is 18.9 Å². The van der Waals surface area contributed by atoms with Crippen LogP contribution in [0.1, 0.15) is 38.5 Å². The quantitative estimate of drug-likeness (QED) is 0.808. The number of hydrogen-bond acceptors (Lipinski definition) is 4. The Kier molecular flexibility index (Phi) is 8.52. The zero-order valence-electron chi connectivity index (χ0n) is 14.7. The molecule has 1 aliphatic carbocycles. The molecule has 0 bridgehead atoms. The molecule has 0 spiro atoms. The Bertz CT molecular complexity index is 512. The van der Waals surface area contributed by atoms with E-state index in [2.05, 4.69) is 10.6 Å². The predicted octanol–water partition coefficient (Wildman–Crippen LogP) is 3.38. The lowest BCUT2D eigenvalue weighted by molar-refractivity contribution is -0.117. The predicted molar refractivity (Wildman–Crippen MR) is 102 cm³/mol. The maximum atomic E-state index is 12.1. The van der Waals surface area contributed by atoms with Crippen LogP contribution in [0.5, 0.6) is 5.75 Å². The first-order valence-electron chi connectivity index (χ1n) is 9.13. The summed E-state index contributed by atoms with van der Waals surface area (Å²) in [4.78, 5) is 12.1. The second-order valence-electron chi connectivity index (χ2n) is 6.82. The van der Waals surface area contributed by atoms with Gasteiger partial charge in [-0.1, -0.05) is 19.3 Å². The Morgan fingerprint density at radius 1 is 1.20 bits per heavy atom. The van der Waals surface area contributed by atoms with Crippen molar-refractivity contribution >= 4 is 24.0 Å². The number of amides is 1. The van der Waals surface area contributed by atoms with Crippen molar-refractivity contribution in [2.75, 3.05) is 31.7 Å². The molecule has 2 aliphatic rings. The minimum Gasteiger partial charge on any atom is -0.493 e. The summed E-state index contributed by atoms with van der Waals surface area (Å²) >= 11 is 0. The van der Waals surface area contributed by atoms with Crippen LogP contribution in [0, 0.1) is 5.92 Å². The SMILES string of the molecule is Cl.O=C(CC1COCCN1)Nc1ccc(OCC2CCCCC2)cc1. The molecule has 6 heteroatoms. The summed E-state index contributed by atoms with van der Waals surface area (Å²) in [5, 5.41) is 6.22. The van der Waals surface area contributed by atoms with Crippen LogP contribution in [0.4, 0.5) is 5.69 Å². The lowest BCUT2D eigenvalue weighted by Crippen LogP contribution is -2.43. The van der Waals surface area contributed by atoms with E-state index in [4.69, 9.17) is 9.47 Å². The summed E-state index contributed by atoms with van der Waals surface area (Å²) in [6.45, 7) is 2.94. The second-order valence-corrected chi connectivity index (χ2v) is 6.82. The van der Waals surface area contributed by atoms with Crippen molar-refractivity contribution in [3.63, 3.8) is 0 Å². The van der Waals surface area contributed by atoms with E-state index in [1.807, 2.05) is 24.3 Å². The molecule has 140 valence electrons. The molecule has 1 atom stereocenters. The van der Waals surface area contributed by atoms with Crippen LogP contribution in [-0.2, 0) is 9.53 Å². The van der Waals surface area contributed by atoms with Gasteiger partial charge >= 0.3 is 0 Å². The summed E-state index contributed by atoms with van der Waals surface area (Å²) in [5.41, 5.74) is 0.807. The maximum absolute atomic E-state index is 12.1. The van der Waals surface area contributed by atoms with Gasteiger partial charge in [-0.25, -0.2) is 0 Å². The third-order valence-electron chi connectivity index (χ3n) is 4.78. The number of carbonyl (C=O) groups is 1. The van der Waals surface area contributed by atoms with E-state index in [1.165, 1.54) is 32.1 Å². The Morgan fingerprint density at radius 3 is 2.64 bits per heavy atom. The molecule has 1 aliphatic heterocycles. The van der Waals surface area contributed by atoms with Gasteiger partial charge in [0.2, 0.25) is 5.91 Å². The molecule has 2 fully saturated rings. The third kappa shape index (κ3) is 6.84. The van der Waals surface area contributed by atoms with Gasteiger partial charge in [0.25, 0.3) is 0 Å². The number of anilines is 1. The Hall–Kier alpha value is -1.30. The standard InChI is InChI=1S/C19H28N2O3.ClH/c22-19(12-17-14-23-11-10-20-17)21-16-6-8-18(9-7-16)24-13-15-4-2-1-3-5-15;/h6-9,15,17,20H,1-5,10-14H2,(H,21,22);1H. The number of ether oxygens (including phenoxy) is 2. The number of carbonyl (C=O) groups excluding carboxylic acids is 1. The normalized spacial score (nSPS) is 21.2. The van der Waals surface area contributed by atoms with E-state index in [0.717, 1.165) is 31.2 Å². The van der Waals surface area contributed by atoms with Crippen molar-refractivity contribution in [2.45, 2.75) is 44.6 Å². The van der Waals surface area contributed by atoms with E-state index in [1.54, 1.807) is 0 Å². The van der Waals surface area contributed by atoms with Gasteiger partial charge in [-0.05, 0) is 43.0 Å². The molecule has 25 heavy (non-hydrogen) atoms. The van der Waals surface area contributed by atoms with Gasteiger partial charge in [0.05, 0.1) is 19.8 Å². The van der Waals surface area contributed by atoms with Crippen LogP contribution < -0.4 is 15.4 Å². The van der Waals surface area contributed by atoms with Gasteiger partial charge < -0.3 is 20.1 Å². The van der Waals surface area contributed by atoms with Crippen LogP contribution in [-0.4, -0.2) is 38.3 Å². The van der Waals surface area contributed by atoms with E-state index in [9.17, 15) is 4.79 Å². The smallest absolute Gasteiger partial charge is 0.226 e. The fraction of sp³-hybridized carbons (Fsp3) is 0.632. The summed E-state index contributed by atoms with van der Waals surface area (Å²) in [7, 11) is 0. The Labute approximate surface area is 156 Å². The summed E-state index contributed by atoms with van der Waals surface area (Å²) in [5.74, 6) is 1.58. The van der Waals surface area contributed by atoms with Gasteiger partial charge in [0, 0.05) is 24.7 Å². The number of halogens is 1. The monoisotopic (exact) mass is 368 g/mol. The van der Waals surface area contributed by atoms with Crippen LogP contribution in [0.2, 0.25) is 0 Å². The highest BCUT2D eigenvalue weighted by Gasteiger charge is 2.17. The second kappa shape index (κ2) is 10.6. The summed E-state index contributed by atoms with van der Waals surface area (Å²) in [6.07, 6.45) is 7.03. The molecule has 1 saturated carbocycles. The molecule has 5 nitrogen and oxygen atoms in total. The molecule has 3 rings (SSSR count). The van der Waals surface area contributed by atoms with Gasteiger partial charge in [0.1, 0.15) is 5.75 Å².